The summed E-state index contributed by atoms with van der Waals surface area (Å²) < 4.78 is 0. The van der Waals surface area contributed by atoms with Crippen LogP contribution in [0.5, 0.6) is 5.88 Å². The highest BCUT2D eigenvalue weighted by atomic mass is 16.3. The predicted molar refractivity (Wildman–Crippen MR) is 101 cm³/mol. The van der Waals surface area contributed by atoms with Crippen LogP contribution in [0.4, 0.5) is 5.69 Å². The topological polar surface area (TPSA) is 86.2 Å². The van der Waals surface area contributed by atoms with E-state index in [9.17, 15) is 5.11 Å². The quantitative estimate of drug-likeness (QED) is 0.519. The van der Waals surface area contributed by atoms with E-state index in [2.05, 4.69) is 25.3 Å². The molecule has 0 aliphatic carbocycles. The summed E-state index contributed by atoms with van der Waals surface area (Å²) in [5, 5.41) is 14.7. The summed E-state index contributed by atoms with van der Waals surface area (Å²) in [5.41, 5.74) is 5.37. The maximum Gasteiger partial charge on any atom is 0.200 e. The van der Waals surface area contributed by atoms with Crippen molar-refractivity contribution >= 4 is 22.4 Å². The Bertz CT molecular complexity index is 1150. The van der Waals surface area contributed by atoms with Crippen LogP contribution in [-0.2, 0) is 6.54 Å². The normalized spacial score (nSPS) is 13.2. The fraction of sp³-hybridized carbons (Fsp3) is 0.0500. The van der Waals surface area contributed by atoms with E-state index in [4.69, 9.17) is 0 Å². The number of anilines is 1. The number of aliphatic imine (C=N–C) groups is 1. The third-order valence-corrected chi connectivity index (χ3v) is 4.55. The lowest BCUT2D eigenvalue weighted by molar-refractivity contribution is 0.457. The molecule has 3 heterocycles. The number of nitrogens with one attached hydrogen (secondary N) is 2. The number of para-hydroxylation sites is 1. The number of hydrogen-bond acceptors (Lipinski definition) is 5. The average Bonchev–Trinajstić information content (AvgIpc) is 3.03. The molecule has 26 heavy (non-hydrogen) atoms. The Morgan fingerprint density at radius 1 is 1.04 bits per heavy atom. The zero-order valence-electron chi connectivity index (χ0n) is 13.8. The molecule has 3 N–H and O–H groups in total. The van der Waals surface area contributed by atoms with Gasteiger partial charge in [0, 0.05) is 34.5 Å². The second-order valence-corrected chi connectivity index (χ2v) is 6.15. The molecule has 0 saturated carbocycles. The van der Waals surface area contributed by atoms with Crippen LogP contribution in [0.2, 0.25) is 0 Å². The van der Waals surface area contributed by atoms with Crippen molar-refractivity contribution in [3.05, 3.63) is 72.2 Å². The van der Waals surface area contributed by atoms with E-state index >= 15 is 0 Å². The van der Waals surface area contributed by atoms with Crippen LogP contribution in [0, 0.1) is 0 Å². The minimum absolute atomic E-state index is 0.0990. The van der Waals surface area contributed by atoms with Gasteiger partial charge in [-0.1, -0.05) is 24.3 Å². The summed E-state index contributed by atoms with van der Waals surface area (Å²) in [6.07, 6.45) is 5.03. The van der Waals surface area contributed by atoms with Gasteiger partial charge in [0.05, 0.1) is 24.0 Å². The maximum atomic E-state index is 10.5. The molecule has 126 valence electrons. The van der Waals surface area contributed by atoms with Gasteiger partial charge in [0.1, 0.15) is 5.84 Å². The van der Waals surface area contributed by atoms with Crippen LogP contribution in [0.15, 0.2) is 66.0 Å². The van der Waals surface area contributed by atoms with Crippen molar-refractivity contribution in [1.82, 2.24) is 15.0 Å². The van der Waals surface area contributed by atoms with E-state index in [-0.39, 0.29) is 5.88 Å². The smallest absolute Gasteiger partial charge is 0.200 e. The minimum atomic E-state index is 0.0990. The molecule has 6 heteroatoms. The van der Waals surface area contributed by atoms with Gasteiger partial charge in [0.15, 0.2) is 0 Å². The fourth-order valence-corrected chi connectivity index (χ4v) is 3.28. The average molecular weight is 341 g/mol. The molecule has 6 nitrogen and oxygen atoms in total. The number of hydrogen-bond donors (Lipinski definition) is 3. The van der Waals surface area contributed by atoms with Gasteiger partial charge in [-0.05, 0) is 23.8 Å². The van der Waals surface area contributed by atoms with Gasteiger partial charge in [-0.15, -0.1) is 0 Å². The molecule has 0 amide bonds. The Kier molecular flexibility index (Phi) is 3.21. The first-order chi connectivity index (χ1) is 12.8. The van der Waals surface area contributed by atoms with Crippen LogP contribution in [0.3, 0.4) is 0 Å². The van der Waals surface area contributed by atoms with Crippen molar-refractivity contribution in [1.29, 1.82) is 0 Å². The van der Waals surface area contributed by atoms with Crippen molar-refractivity contribution in [2.45, 2.75) is 6.54 Å². The van der Waals surface area contributed by atoms with Crippen LogP contribution in [-0.4, -0.2) is 25.9 Å². The van der Waals surface area contributed by atoms with E-state index in [0.29, 0.717) is 17.9 Å². The molecule has 0 bridgehead atoms. The zero-order valence-corrected chi connectivity index (χ0v) is 13.8. The Balaban J connectivity index is 1.64. The van der Waals surface area contributed by atoms with Crippen molar-refractivity contribution < 1.29 is 5.11 Å². The summed E-state index contributed by atoms with van der Waals surface area (Å²) in [6.45, 7) is 0.578. The molecule has 0 fully saturated rings. The molecule has 2 aromatic carbocycles. The Hall–Kier alpha value is -3.67. The summed E-state index contributed by atoms with van der Waals surface area (Å²) in [7, 11) is 0. The number of nitrogens with zero attached hydrogens (tertiary/aromatic N) is 3. The molecule has 0 saturated heterocycles. The number of aromatic hydroxyl groups is 1. The summed E-state index contributed by atoms with van der Waals surface area (Å²) in [6, 6.07) is 13.9. The molecule has 1 aliphatic rings. The largest absolute Gasteiger partial charge is 0.494 e. The monoisotopic (exact) mass is 341 g/mol. The standard InChI is InChI=1S/C20H15N5O/c26-20-18(19-23-10-13-3-1-2-4-15(13)24-19)14-9-12(5-6-16(14)25-20)17-11-21-7-8-22-17/h1-9,11,25-26H,10H2,(H,23,24). The molecule has 0 atom stereocenters. The molecule has 5 rings (SSSR count). The lowest BCUT2D eigenvalue weighted by Crippen LogP contribution is -2.18. The molecule has 4 aromatic rings. The van der Waals surface area contributed by atoms with Crippen molar-refractivity contribution in [2.75, 3.05) is 5.32 Å². The van der Waals surface area contributed by atoms with Crippen molar-refractivity contribution in [3.8, 4) is 17.1 Å². The van der Waals surface area contributed by atoms with Crippen LogP contribution >= 0.6 is 0 Å². The first kappa shape index (κ1) is 14.7. The Morgan fingerprint density at radius 2 is 1.96 bits per heavy atom. The van der Waals surface area contributed by atoms with Gasteiger partial charge < -0.3 is 15.4 Å². The van der Waals surface area contributed by atoms with Crippen molar-refractivity contribution in [3.63, 3.8) is 0 Å². The number of rotatable bonds is 2. The molecular weight excluding hydrogens is 326 g/mol. The van der Waals surface area contributed by atoms with Gasteiger partial charge >= 0.3 is 0 Å². The second-order valence-electron chi connectivity index (χ2n) is 6.15. The number of H-pyrrole nitrogens is 1. The minimum Gasteiger partial charge on any atom is -0.494 e. The van der Waals surface area contributed by atoms with Gasteiger partial charge in [0.2, 0.25) is 5.88 Å². The van der Waals surface area contributed by atoms with E-state index in [0.717, 1.165) is 33.4 Å². The first-order valence-electron chi connectivity index (χ1n) is 8.30. The SMILES string of the molecule is Oc1[nH]c2ccc(-c3cnccn3)cc2c1C1=NCc2ccccc2N1. The van der Waals surface area contributed by atoms with E-state index in [1.165, 1.54) is 0 Å². The summed E-state index contributed by atoms with van der Waals surface area (Å²) in [4.78, 5) is 16.1. The third-order valence-electron chi connectivity index (χ3n) is 4.55. The van der Waals surface area contributed by atoms with Gasteiger partial charge in [-0.3, -0.25) is 15.0 Å². The maximum absolute atomic E-state index is 10.5. The van der Waals surface area contributed by atoms with Crippen LogP contribution < -0.4 is 5.32 Å². The molecular formula is C20H15N5O. The fourth-order valence-electron chi connectivity index (χ4n) is 3.28. The van der Waals surface area contributed by atoms with E-state index in [1.807, 2.05) is 42.5 Å². The molecule has 0 unspecified atom stereocenters. The zero-order chi connectivity index (χ0) is 17.5. The van der Waals surface area contributed by atoms with Crippen LogP contribution in [0.1, 0.15) is 11.1 Å². The van der Waals surface area contributed by atoms with Gasteiger partial charge in [-0.25, -0.2) is 0 Å². The number of amidine groups is 1. The molecule has 0 spiro atoms. The Labute approximate surface area is 149 Å². The highest BCUT2D eigenvalue weighted by Crippen LogP contribution is 2.33. The second kappa shape index (κ2) is 5.70. The molecule has 2 aromatic heterocycles. The molecule has 1 aliphatic heterocycles. The van der Waals surface area contributed by atoms with Crippen molar-refractivity contribution in [2.24, 2.45) is 4.99 Å². The summed E-state index contributed by atoms with van der Waals surface area (Å²) in [5.74, 6) is 0.755. The van der Waals surface area contributed by atoms with Gasteiger partial charge in [0.25, 0.3) is 0 Å². The van der Waals surface area contributed by atoms with E-state index in [1.54, 1.807) is 18.6 Å². The first-order valence-corrected chi connectivity index (χ1v) is 8.30. The lowest BCUT2D eigenvalue weighted by atomic mass is 10.0. The van der Waals surface area contributed by atoms with Crippen LogP contribution in [0.25, 0.3) is 22.2 Å². The summed E-state index contributed by atoms with van der Waals surface area (Å²) >= 11 is 0. The molecule has 0 radical (unpaired) electrons. The number of benzene rings is 2. The number of fused-ring (bicyclic) bond motifs is 2. The highest BCUT2D eigenvalue weighted by Gasteiger charge is 2.20. The number of aromatic nitrogens is 3. The lowest BCUT2D eigenvalue weighted by Gasteiger charge is -2.18. The predicted octanol–water partition coefficient (Wildman–Crippen LogP) is 3.70. The van der Waals surface area contributed by atoms with Gasteiger partial charge in [-0.2, -0.15) is 0 Å². The highest BCUT2D eigenvalue weighted by molar-refractivity contribution is 6.18. The van der Waals surface area contributed by atoms with E-state index < -0.39 is 0 Å². The third kappa shape index (κ3) is 2.31. The number of aromatic amines is 1. The Morgan fingerprint density at radius 3 is 2.85 bits per heavy atom.